The van der Waals surface area contributed by atoms with E-state index in [9.17, 15) is 13.2 Å². The molecule has 0 aromatic heterocycles. The molecule has 0 spiro atoms. The van der Waals surface area contributed by atoms with Crippen LogP contribution in [0.3, 0.4) is 0 Å². The van der Waals surface area contributed by atoms with Crippen molar-refractivity contribution in [1.82, 2.24) is 9.21 Å². The highest BCUT2D eigenvalue weighted by Crippen LogP contribution is 2.22. The molecule has 142 valence electrons. The number of likely N-dealkylation sites (tertiary alicyclic amines) is 1. The van der Waals surface area contributed by atoms with Crippen molar-refractivity contribution in [3.05, 3.63) is 29.8 Å². The Morgan fingerprint density at radius 3 is 2.56 bits per heavy atom. The Kier molecular flexibility index (Phi) is 8.34. The van der Waals surface area contributed by atoms with Gasteiger partial charge in [-0.1, -0.05) is 19.9 Å². The van der Waals surface area contributed by atoms with Crippen LogP contribution in [0.4, 0.5) is 0 Å². The number of carbonyl (C=O) groups is 1. The summed E-state index contributed by atoms with van der Waals surface area (Å²) in [6.07, 6.45) is 2.93. The first kappa shape index (κ1) is 21.9. The summed E-state index contributed by atoms with van der Waals surface area (Å²) in [4.78, 5) is 14.8. The summed E-state index contributed by atoms with van der Waals surface area (Å²) < 4.78 is 26.7. The number of piperidine rings is 1. The summed E-state index contributed by atoms with van der Waals surface area (Å²) in [7, 11) is -3.57. The molecule has 1 unspecified atom stereocenters. The minimum atomic E-state index is -3.57. The molecule has 1 atom stereocenters. The highest BCUT2D eigenvalue weighted by molar-refractivity contribution is 7.89. The number of nitrogens with two attached hydrogens (primary N) is 1. The standard InChI is InChI=1S/C17H27N3O3S.ClH/c1-3-19(4-2)24(22,23)16-10-7-8-14(12-16)17(21)20-11-6-5-9-15(20)13-18;/h7-8,10,12,15H,3-6,9,11,13,18H2,1-2H3;1H. The van der Waals surface area contributed by atoms with Crippen LogP contribution >= 0.6 is 12.4 Å². The molecule has 2 rings (SSSR count). The lowest BCUT2D eigenvalue weighted by molar-refractivity contribution is 0.0623. The summed E-state index contributed by atoms with van der Waals surface area (Å²) in [6.45, 7) is 5.51. The molecule has 1 amide bonds. The van der Waals surface area contributed by atoms with E-state index in [4.69, 9.17) is 5.73 Å². The molecule has 1 saturated heterocycles. The molecule has 2 N–H and O–H groups in total. The molecule has 1 aliphatic rings. The van der Waals surface area contributed by atoms with E-state index in [2.05, 4.69) is 0 Å². The van der Waals surface area contributed by atoms with E-state index in [1.54, 1.807) is 36.9 Å². The third-order valence-electron chi connectivity index (χ3n) is 4.58. The second-order valence-electron chi connectivity index (χ2n) is 6.00. The maximum atomic E-state index is 12.8. The monoisotopic (exact) mass is 389 g/mol. The smallest absolute Gasteiger partial charge is 0.254 e. The molecule has 1 heterocycles. The third-order valence-corrected chi connectivity index (χ3v) is 6.63. The van der Waals surface area contributed by atoms with Gasteiger partial charge in [0.05, 0.1) is 4.90 Å². The van der Waals surface area contributed by atoms with Gasteiger partial charge in [0, 0.05) is 37.8 Å². The number of benzene rings is 1. The number of halogens is 1. The molecular weight excluding hydrogens is 362 g/mol. The molecule has 1 aliphatic heterocycles. The Bertz CT molecular complexity index is 677. The lowest BCUT2D eigenvalue weighted by atomic mass is 10.0. The van der Waals surface area contributed by atoms with E-state index < -0.39 is 10.0 Å². The fourth-order valence-corrected chi connectivity index (χ4v) is 4.69. The first-order valence-electron chi connectivity index (χ1n) is 8.56. The van der Waals surface area contributed by atoms with Crippen LogP contribution in [-0.2, 0) is 10.0 Å². The predicted octanol–water partition coefficient (Wildman–Crippen LogP) is 2.09. The number of sulfonamides is 1. The van der Waals surface area contributed by atoms with Gasteiger partial charge in [-0.3, -0.25) is 4.79 Å². The molecule has 6 nitrogen and oxygen atoms in total. The summed E-state index contributed by atoms with van der Waals surface area (Å²) >= 11 is 0. The zero-order chi connectivity index (χ0) is 17.7. The number of amides is 1. The van der Waals surface area contributed by atoms with Gasteiger partial charge < -0.3 is 10.6 Å². The Morgan fingerprint density at radius 2 is 1.96 bits per heavy atom. The van der Waals surface area contributed by atoms with Crippen molar-refractivity contribution in [2.75, 3.05) is 26.2 Å². The third kappa shape index (κ3) is 4.73. The number of carbonyl (C=O) groups excluding carboxylic acids is 1. The minimum Gasteiger partial charge on any atom is -0.334 e. The summed E-state index contributed by atoms with van der Waals surface area (Å²) in [6, 6.07) is 6.37. The topological polar surface area (TPSA) is 83.7 Å². The van der Waals surface area contributed by atoms with Gasteiger partial charge in [-0.25, -0.2) is 8.42 Å². The van der Waals surface area contributed by atoms with E-state index in [0.717, 1.165) is 19.3 Å². The van der Waals surface area contributed by atoms with Gasteiger partial charge in [-0.05, 0) is 37.5 Å². The fourth-order valence-electron chi connectivity index (χ4n) is 3.18. The van der Waals surface area contributed by atoms with E-state index >= 15 is 0 Å². The van der Waals surface area contributed by atoms with Crippen LogP contribution in [0.2, 0.25) is 0 Å². The van der Waals surface area contributed by atoms with Crippen molar-refractivity contribution in [1.29, 1.82) is 0 Å². The Balaban J connectivity index is 0.00000312. The average Bonchev–Trinajstić information content (AvgIpc) is 2.62. The van der Waals surface area contributed by atoms with Gasteiger partial charge in [-0.15, -0.1) is 12.4 Å². The predicted molar refractivity (Wildman–Crippen MR) is 102 cm³/mol. The zero-order valence-corrected chi connectivity index (χ0v) is 16.5. The number of hydrogen-bond acceptors (Lipinski definition) is 4. The summed E-state index contributed by atoms with van der Waals surface area (Å²) in [5, 5.41) is 0. The van der Waals surface area contributed by atoms with Crippen molar-refractivity contribution >= 4 is 28.3 Å². The zero-order valence-electron chi connectivity index (χ0n) is 14.8. The van der Waals surface area contributed by atoms with Gasteiger partial charge in [0.2, 0.25) is 10.0 Å². The van der Waals surface area contributed by atoms with Crippen molar-refractivity contribution in [3.8, 4) is 0 Å². The lowest BCUT2D eigenvalue weighted by Crippen LogP contribution is -2.47. The highest BCUT2D eigenvalue weighted by atomic mass is 35.5. The molecule has 1 aromatic rings. The quantitative estimate of drug-likeness (QED) is 0.807. The highest BCUT2D eigenvalue weighted by Gasteiger charge is 2.28. The molecule has 25 heavy (non-hydrogen) atoms. The van der Waals surface area contributed by atoms with Crippen LogP contribution in [0.5, 0.6) is 0 Å². The average molecular weight is 390 g/mol. The molecule has 0 bridgehead atoms. The van der Waals surface area contributed by atoms with Gasteiger partial charge in [0.25, 0.3) is 5.91 Å². The lowest BCUT2D eigenvalue weighted by Gasteiger charge is -2.35. The van der Waals surface area contributed by atoms with Crippen LogP contribution in [0.15, 0.2) is 29.2 Å². The maximum Gasteiger partial charge on any atom is 0.254 e. The molecular formula is C17H28ClN3O3S. The number of hydrogen-bond donors (Lipinski definition) is 1. The maximum absolute atomic E-state index is 12.8. The van der Waals surface area contributed by atoms with Crippen molar-refractivity contribution in [2.45, 2.75) is 44.0 Å². The second-order valence-corrected chi connectivity index (χ2v) is 7.94. The van der Waals surface area contributed by atoms with Crippen LogP contribution < -0.4 is 5.73 Å². The Labute approximate surface area is 156 Å². The fraction of sp³-hybridized carbons (Fsp3) is 0.588. The van der Waals surface area contributed by atoms with Crippen LogP contribution in [-0.4, -0.2) is 55.8 Å². The molecule has 0 saturated carbocycles. The molecule has 1 fully saturated rings. The van der Waals surface area contributed by atoms with E-state index in [0.29, 0.717) is 31.7 Å². The van der Waals surface area contributed by atoms with Gasteiger partial charge in [0.1, 0.15) is 0 Å². The summed E-state index contributed by atoms with van der Waals surface area (Å²) in [5.41, 5.74) is 6.19. The Hall–Kier alpha value is -1.15. The number of nitrogens with zero attached hydrogens (tertiary/aromatic N) is 2. The van der Waals surface area contributed by atoms with Gasteiger partial charge in [-0.2, -0.15) is 4.31 Å². The first-order valence-corrected chi connectivity index (χ1v) is 10.0. The summed E-state index contributed by atoms with van der Waals surface area (Å²) in [5.74, 6) is -0.137. The van der Waals surface area contributed by atoms with Crippen molar-refractivity contribution in [3.63, 3.8) is 0 Å². The molecule has 8 heteroatoms. The molecule has 0 radical (unpaired) electrons. The SMILES string of the molecule is CCN(CC)S(=O)(=O)c1cccc(C(=O)N2CCCCC2CN)c1.Cl. The van der Waals surface area contributed by atoms with E-state index in [1.165, 1.54) is 10.4 Å². The van der Waals surface area contributed by atoms with Crippen molar-refractivity contribution < 1.29 is 13.2 Å². The van der Waals surface area contributed by atoms with Crippen LogP contribution in [0.1, 0.15) is 43.5 Å². The molecule has 1 aromatic carbocycles. The van der Waals surface area contributed by atoms with E-state index in [1.807, 2.05) is 0 Å². The van der Waals surface area contributed by atoms with E-state index in [-0.39, 0.29) is 29.3 Å². The Morgan fingerprint density at radius 1 is 1.28 bits per heavy atom. The van der Waals surface area contributed by atoms with Crippen LogP contribution in [0.25, 0.3) is 0 Å². The van der Waals surface area contributed by atoms with Crippen molar-refractivity contribution in [2.24, 2.45) is 5.73 Å². The normalized spacial score (nSPS) is 18.1. The molecule has 0 aliphatic carbocycles. The van der Waals surface area contributed by atoms with Crippen LogP contribution in [0, 0.1) is 0 Å². The van der Waals surface area contributed by atoms with Gasteiger partial charge >= 0.3 is 0 Å². The minimum absolute atomic E-state index is 0. The van der Waals surface area contributed by atoms with Gasteiger partial charge in [0.15, 0.2) is 0 Å². The second kappa shape index (κ2) is 9.52. The number of rotatable bonds is 6. The first-order chi connectivity index (χ1) is 11.5. The largest absolute Gasteiger partial charge is 0.334 e.